The molecule has 0 aromatic rings. The molecule has 1 atom stereocenters. The standard InChI is InChI=1S/C11H22N2O/c1-12-5-7-13(8-6-12)10-11-4-2-3-9-14-11/h11H,2-10H2,1H3. The van der Waals surface area contributed by atoms with Crippen LogP contribution in [0.2, 0.25) is 0 Å². The van der Waals surface area contributed by atoms with Crippen molar-refractivity contribution in [3.63, 3.8) is 0 Å². The number of rotatable bonds is 2. The molecule has 2 aliphatic heterocycles. The second-order valence-corrected chi connectivity index (χ2v) is 4.59. The van der Waals surface area contributed by atoms with Crippen molar-refractivity contribution in [2.75, 3.05) is 46.4 Å². The smallest absolute Gasteiger partial charge is 0.0702 e. The molecule has 0 N–H and O–H groups in total. The third kappa shape index (κ3) is 2.94. The van der Waals surface area contributed by atoms with Crippen LogP contribution in [0.25, 0.3) is 0 Å². The maximum atomic E-state index is 5.75. The van der Waals surface area contributed by atoms with E-state index >= 15 is 0 Å². The zero-order valence-electron chi connectivity index (χ0n) is 9.24. The quantitative estimate of drug-likeness (QED) is 0.653. The van der Waals surface area contributed by atoms with Crippen molar-refractivity contribution in [3.05, 3.63) is 0 Å². The van der Waals surface area contributed by atoms with E-state index < -0.39 is 0 Å². The Kier molecular flexibility index (Phi) is 3.79. The summed E-state index contributed by atoms with van der Waals surface area (Å²) >= 11 is 0. The maximum Gasteiger partial charge on any atom is 0.0702 e. The van der Waals surface area contributed by atoms with Crippen LogP contribution in [0.1, 0.15) is 19.3 Å². The third-order valence-electron chi connectivity index (χ3n) is 3.33. The predicted octanol–water partition coefficient (Wildman–Crippen LogP) is 0.803. The van der Waals surface area contributed by atoms with Gasteiger partial charge in [-0.25, -0.2) is 0 Å². The van der Waals surface area contributed by atoms with Crippen LogP contribution in [-0.2, 0) is 4.74 Å². The first kappa shape index (κ1) is 10.4. The predicted molar refractivity (Wildman–Crippen MR) is 57.5 cm³/mol. The monoisotopic (exact) mass is 198 g/mol. The van der Waals surface area contributed by atoms with Crippen LogP contribution in [0.15, 0.2) is 0 Å². The van der Waals surface area contributed by atoms with E-state index in [4.69, 9.17) is 4.74 Å². The number of hydrogen-bond donors (Lipinski definition) is 0. The second kappa shape index (κ2) is 5.10. The van der Waals surface area contributed by atoms with Gasteiger partial charge in [-0.05, 0) is 26.3 Å². The third-order valence-corrected chi connectivity index (χ3v) is 3.33. The fourth-order valence-corrected chi connectivity index (χ4v) is 2.27. The Morgan fingerprint density at radius 1 is 1.14 bits per heavy atom. The van der Waals surface area contributed by atoms with Crippen LogP contribution >= 0.6 is 0 Å². The second-order valence-electron chi connectivity index (χ2n) is 4.59. The highest BCUT2D eigenvalue weighted by Gasteiger charge is 2.20. The number of nitrogens with zero attached hydrogens (tertiary/aromatic N) is 2. The van der Waals surface area contributed by atoms with Crippen molar-refractivity contribution in [3.8, 4) is 0 Å². The average Bonchev–Trinajstić information content (AvgIpc) is 2.23. The summed E-state index contributed by atoms with van der Waals surface area (Å²) in [5, 5.41) is 0. The molecule has 2 heterocycles. The first-order valence-electron chi connectivity index (χ1n) is 5.87. The highest BCUT2D eigenvalue weighted by Crippen LogP contribution is 2.14. The van der Waals surface area contributed by atoms with Crippen molar-refractivity contribution in [1.29, 1.82) is 0 Å². The molecular formula is C11H22N2O. The van der Waals surface area contributed by atoms with Gasteiger partial charge in [0.05, 0.1) is 6.10 Å². The molecule has 2 aliphatic rings. The van der Waals surface area contributed by atoms with Crippen molar-refractivity contribution in [1.82, 2.24) is 9.80 Å². The van der Waals surface area contributed by atoms with Crippen LogP contribution in [0.5, 0.6) is 0 Å². The Morgan fingerprint density at radius 3 is 2.57 bits per heavy atom. The zero-order chi connectivity index (χ0) is 9.80. The summed E-state index contributed by atoms with van der Waals surface area (Å²) in [6.45, 7) is 7.01. The van der Waals surface area contributed by atoms with Crippen LogP contribution in [0.4, 0.5) is 0 Å². The fourth-order valence-electron chi connectivity index (χ4n) is 2.27. The van der Waals surface area contributed by atoms with E-state index in [9.17, 15) is 0 Å². The lowest BCUT2D eigenvalue weighted by Crippen LogP contribution is -2.47. The highest BCUT2D eigenvalue weighted by atomic mass is 16.5. The van der Waals surface area contributed by atoms with E-state index in [2.05, 4.69) is 16.8 Å². The van der Waals surface area contributed by atoms with E-state index in [1.807, 2.05) is 0 Å². The number of likely N-dealkylation sites (N-methyl/N-ethyl adjacent to an activating group) is 1. The van der Waals surface area contributed by atoms with Crippen LogP contribution in [0, 0.1) is 0 Å². The van der Waals surface area contributed by atoms with Crippen LogP contribution in [-0.4, -0.2) is 62.3 Å². The van der Waals surface area contributed by atoms with Crippen molar-refractivity contribution >= 4 is 0 Å². The number of hydrogen-bond acceptors (Lipinski definition) is 3. The molecule has 0 spiro atoms. The van der Waals surface area contributed by atoms with Gasteiger partial charge in [-0.1, -0.05) is 0 Å². The van der Waals surface area contributed by atoms with Gasteiger partial charge in [0, 0.05) is 39.3 Å². The highest BCUT2D eigenvalue weighted by molar-refractivity contribution is 4.74. The largest absolute Gasteiger partial charge is 0.377 e. The van der Waals surface area contributed by atoms with Gasteiger partial charge in [-0.15, -0.1) is 0 Å². The van der Waals surface area contributed by atoms with Gasteiger partial charge in [0.2, 0.25) is 0 Å². The van der Waals surface area contributed by atoms with Gasteiger partial charge in [0.15, 0.2) is 0 Å². The summed E-state index contributed by atoms with van der Waals surface area (Å²) in [5.74, 6) is 0. The van der Waals surface area contributed by atoms with E-state index in [1.54, 1.807) is 0 Å². The molecule has 1 unspecified atom stereocenters. The first-order valence-corrected chi connectivity index (χ1v) is 5.87. The molecule has 2 saturated heterocycles. The van der Waals surface area contributed by atoms with Gasteiger partial charge in [-0.2, -0.15) is 0 Å². The summed E-state index contributed by atoms with van der Waals surface area (Å²) in [5.41, 5.74) is 0. The molecule has 0 aromatic carbocycles. The lowest BCUT2D eigenvalue weighted by Gasteiger charge is -2.35. The van der Waals surface area contributed by atoms with Crippen LogP contribution < -0.4 is 0 Å². The molecule has 3 nitrogen and oxygen atoms in total. The Labute approximate surface area is 87.0 Å². The van der Waals surface area contributed by atoms with E-state index in [-0.39, 0.29) is 0 Å². The summed E-state index contributed by atoms with van der Waals surface area (Å²) in [6, 6.07) is 0. The lowest BCUT2D eigenvalue weighted by atomic mass is 10.1. The lowest BCUT2D eigenvalue weighted by molar-refractivity contribution is -0.0126. The topological polar surface area (TPSA) is 15.7 Å². The molecule has 3 heteroatoms. The zero-order valence-corrected chi connectivity index (χ0v) is 9.24. The van der Waals surface area contributed by atoms with Crippen molar-refractivity contribution in [2.45, 2.75) is 25.4 Å². The van der Waals surface area contributed by atoms with Crippen molar-refractivity contribution in [2.24, 2.45) is 0 Å². The van der Waals surface area contributed by atoms with Crippen molar-refractivity contribution < 1.29 is 4.74 Å². The molecular weight excluding hydrogens is 176 g/mol. The molecule has 82 valence electrons. The minimum atomic E-state index is 0.521. The molecule has 0 aliphatic carbocycles. The Balaban J connectivity index is 1.68. The minimum Gasteiger partial charge on any atom is -0.377 e. The molecule has 14 heavy (non-hydrogen) atoms. The molecule has 0 saturated carbocycles. The van der Waals surface area contributed by atoms with Gasteiger partial charge >= 0.3 is 0 Å². The Morgan fingerprint density at radius 2 is 1.93 bits per heavy atom. The Bertz CT molecular complexity index is 161. The molecule has 2 fully saturated rings. The molecule has 0 aromatic heterocycles. The average molecular weight is 198 g/mol. The normalized spacial score (nSPS) is 31.9. The van der Waals surface area contributed by atoms with Gasteiger partial charge in [-0.3, -0.25) is 4.90 Å². The number of ether oxygens (including phenoxy) is 1. The Hall–Kier alpha value is -0.120. The van der Waals surface area contributed by atoms with Gasteiger partial charge < -0.3 is 9.64 Å². The fraction of sp³-hybridized carbons (Fsp3) is 1.00. The van der Waals surface area contributed by atoms with Gasteiger partial charge in [0.25, 0.3) is 0 Å². The number of piperazine rings is 1. The van der Waals surface area contributed by atoms with Crippen LogP contribution in [0.3, 0.4) is 0 Å². The molecule has 0 radical (unpaired) electrons. The van der Waals surface area contributed by atoms with E-state index in [1.165, 1.54) is 45.4 Å². The summed E-state index contributed by atoms with van der Waals surface area (Å²) in [7, 11) is 2.20. The molecule has 0 amide bonds. The first-order chi connectivity index (χ1) is 6.84. The summed E-state index contributed by atoms with van der Waals surface area (Å²) < 4.78 is 5.75. The molecule has 0 bridgehead atoms. The van der Waals surface area contributed by atoms with E-state index in [0.29, 0.717) is 6.10 Å². The molecule has 2 rings (SSSR count). The minimum absolute atomic E-state index is 0.521. The summed E-state index contributed by atoms with van der Waals surface area (Å²) in [6.07, 6.45) is 4.41. The van der Waals surface area contributed by atoms with E-state index in [0.717, 1.165) is 13.2 Å². The SMILES string of the molecule is CN1CCN(CC2CCCCO2)CC1. The summed E-state index contributed by atoms with van der Waals surface area (Å²) in [4.78, 5) is 4.95. The van der Waals surface area contributed by atoms with Gasteiger partial charge in [0.1, 0.15) is 0 Å². The maximum absolute atomic E-state index is 5.75.